The molecule has 4 nitrogen and oxygen atoms in total. The average Bonchev–Trinajstić information content (AvgIpc) is 2.28. The maximum absolute atomic E-state index is 5.54. The molecule has 0 aliphatic rings. The molecule has 4 heteroatoms. The molecular weight excluding hydrogens is 202 g/mol. The molecule has 16 heavy (non-hydrogen) atoms. The molecule has 0 spiro atoms. The maximum atomic E-state index is 5.54. The second kappa shape index (κ2) is 7.17. The van der Waals surface area contributed by atoms with Crippen molar-refractivity contribution in [3.8, 4) is 5.88 Å². The highest BCUT2D eigenvalue weighted by Crippen LogP contribution is 2.07. The van der Waals surface area contributed by atoms with E-state index in [0.717, 1.165) is 25.1 Å². The number of nitrogens with one attached hydrogen (secondary N) is 1. The number of aryl methyl sites for hydroxylation is 1. The van der Waals surface area contributed by atoms with E-state index in [-0.39, 0.29) is 0 Å². The summed E-state index contributed by atoms with van der Waals surface area (Å²) in [4.78, 5) is 8.19. The van der Waals surface area contributed by atoms with E-state index in [0.29, 0.717) is 18.5 Å². The van der Waals surface area contributed by atoms with Crippen molar-refractivity contribution < 1.29 is 4.74 Å². The van der Waals surface area contributed by atoms with Crippen molar-refractivity contribution in [2.75, 3.05) is 13.2 Å². The molecule has 0 atom stereocenters. The molecule has 0 saturated carbocycles. The third kappa shape index (κ3) is 5.07. The van der Waals surface area contributed by atoms with Gasteiger partial charge in [-0.15, -0.1) is 0 Å². The first kappa shape index (κ1) is 12.9. The SMILES string of the molecule is CCc1cc(OCCCNC(C)C)ncn1. The summed E-state index contributed by atoms with van der Waals surface area (Å²) >= 11 is 0. The number of ether oxygens (including phenoxy) is 1. The minimum Gasteiger partial charge on any atom is -0.478 e. The van der Waals surface area contributed by atoms with Crippen LogP contribution in [0.1, 0.15) is 32.9 Å². The summed E-state index contributed by atoms with van der Waals surface area (Å²) < 4.78 is 5.54. The third-order valence-electron chi connectivity index (χ3n) is 2.18. The van der Waals surface area contributed by atoms with Gasteiger partial charge in [-0.2, -0.15) is 0 Å². The monoisotopic (exact) mass is 223 g/mol. The van der Waals surface area contributed by atoms with E-state index < -0.39 is 0 Å². The van der Waals surface area contributed by atoms with Gasteiger partial charge in [-0.3, -0.25) is 0 Å². The van der Waals surface area contributed by atoms with E-state index in [1.165, 1.54) is 0 Å². The van der Waals surface area contributed by atoms with E-state index >= 15 is 0 Å². The first-order valence-electron chi connectivity index (χ1n) is 5.89. The Hall–Kier alpha value is -1.16. The molecular formula is C12H21N3O. The fourth-order valence-corrected chi connectivity index (χ4v) is 1.29. The molecule has 0 amide bonds. The molecule has 0 aliphatic carbocycles. The predicted molar refractivity (Wildman–Crippen MR) is 64.7 cm³/mol. The molecule has 1 aromatic rings. The van der Waals surface area contributed by atoms with Crippen LogP contribution in [0, 0.1) is 0 Å². The third-order valence-corrected chi connectivity index (χ3v) is 2.18. The van der Waals surface area contributed by atoms with Gasteiger partial charge in [0.15, 0.2) is 0 Å². The van der Waals surface area contributed by atoms with Crippen LogP contribution in [-0.4, -0.2) is 29.2 Å². The zero-order chi connectivity index (χ0) is 11.8. The van der Waals surface area contributed by atoms with Gasteiger partial charge in [0.25, 0.3) is 0 Å². The minimum absolute atomic E-state index is 0.533. The van der Waals surface area contributed by atoms with Crippen LogP contribution < -0.4 is 10.1 Å². The van der Waals surface area contributed by atoms with Crippen LogP contribution in [0.4, 0.5) is 0 Å². The van der Waals surface area contributed by atoms with Crippen molar-refractivity contribution in [1.29, 1.82) is 0 Å². The molecule has 0 unspecified atom stereocenters. The summed E-state index contributed by atoms with van der Waals surface area (Å²) in [6.07, 6.45) is 3.46. The lowest BCUT2D eigenvalue weighted by Gasteiger charge is -2.08. The first-order chi connectivity index (χ1) is 7.72. The normalized spacial score (nSPS) is 10.8. The molecule has 90 valence electrons. The Morgan fingerprint density at radius 1 is 1.38 bits per heavy atom. The lowest BCUT2D eigenvalue weighted by molar-refractivity contribution is 0.294. The molecule has 0 bridgehead atoms. The summed E-state index contributed by atoms with van der Waals surface area (Å²) in [6, 6.07) is 2.43. The van der Waals surface area contributed by atoms with Gasteiger partial charge in [-0.05, 0) is 19.4 Å². The standard InChI is InChI=1S/C12H21N3O/c1-4-11-8-12(15-9-14-11)16-7-5-6-13-10(2)3/h8-10,13H,4-7H2,1-3H3. The van der Waals surface area contributed by atoms with Crippen molar-refractivity contribution in [3.63, 3.8) is 0 Å². The first-order valence-corrected chi connectivity index (χ1v) is 5.89. The molecule has 0 aliphatic heterocycles. The van der Waals surface area contributed by atoms with Crippen LogP contribution in [0.15, 0.2) is 12.4 Å². The fourth-order valence-electron chi connectivity index (χ4n) is 1.29. The number of hydrogen-bond acceptors (Lipinski definition) is 4. The summed E-state index contributed by atoms with van der Waals surface area (Å²) in [7, 11) is 0. The van der Waals surface area contributed by atoms with E-state index in [1.54, 1.807) is 6.33 Å². The van der Waals surface area contributed by atoms with E-state index in [2.05, 4.69) is 36.1 Å². The van der Waals surface area contributed by atoms with E-state index in [4.69, 9.17) is 4.74 Å². The Kier molecular flexibility index (Phi) is 5.78. The fraction of sp³-hybridized carbons (Fsp3) is 0.667. The Balaban J connectivity index is 2.21. The van der Waals surface area contributed by atoms with Gasteiger partial charge < -0.3 is 10.1 Å². The quantitative estimate of drug-likeness (QED) is 0.716. The van der Waals surface area contributed by atoms with Crippen molar-refractivity contribution in [1.82, 2.24) is 15.3 Å². The van der Waals surface area contributed by atoms with Gasteiger partial charge in [0.2, 0.25) is 5.88 Å². The van der Waals surface area contributed by atoms with Crippen LogP contribution in [0.2, 0.25) is 0 Å². The number of nitrogens with zero attached hydrogens (tertiary/aromatic N) is 2. The second-order valence-corrected chi connectivity index (χ2v) is 4.01. The van der Waals surface area contributed by atoms with Crippen molar-refractivity contribution >= 4 is 0 Å². The van der Waals surface area contributed by atoms with Crippen LogP contribution in [0.5, 0.6) is 5.88 Å². The summed E-state index contributed by atoms with van der Waals surface area (Å²) in [5.41, 5.74) is 1.02. The highest BCUT2D eigenvalue weighted by atomic mass is 16.5. The molecule has 0 saturated heterocycles. The molecule has 1 heterocycles. The van der Waals surface area contributed by atoms with Gasteiger partial charge in [-0.25, -0.2) is 9.97 Å². The van der Waals surface area contributed by atoms with Crippen molar-refractivity contribution in [2.45, 2.75) is 39.7 Å². The Morgan fingerprint density at radius 3 is 2.88 bits per heavy atom. The van der Waals surface area contributed by atoms with Gasteiger partial charge in [0, 0.05) is 17.8 Å². The van der Waals surface area contributed by atoms with Crippen LogP contribution in [0.25, 0.3) is 0 Å². The molecule has 0 aromatic carbocycles. The van der Waals surface area contributed by atoms with E-state index in [9.17, 15) is 0 Å². The molecule has 1 aromatic heterocycles. The minimum atomic E-state index is 0.533. The Morgan fingerprint density at radius 2 is 2.19 bits per heavy atom. The lowest BCUT2D eigenvalue weighted by Crippen LogP contribution is -2.24. The van der Waals surface area contributed by atoms with Gasteiger partial charge in [-0.1, -0.05) is 20.8 Å². The van der Waals surface area contributed by atoms with Gasteiger partial charge in [0.05, 0.1) is 6.61 Å². The number of aromatic nitrogens is 2. The highest BCUT2D eigenvalue weighted by Gasteiger charge is 1.98. The van der Waals surface area contributed by atoms with Gasteiger partial charge in [0.1, 0.15) is 6.33 Å². The smallest absolute Gasteiger partial charge is 0.216 e. The topological polar surface area (TPSA) is 47.0 Å². The summed E-state index contributed by atoms with van der Waals surface area (Å²) in [6.45, 7) is 8.01. The van der Waals surface area contributed by atoms with Crippen molar-refractivity contribution in [3.05, 3.63) is 18.1 Å². The number of hydrogen-bond donors (Lipinski definition) is 1. The maximum Gasteiger partial charge on any atom is 0.216 e. The van der Waals surface area contributed by atoms with Crippen LogP contribution in [-0.2, 0) is 6.42 Å². The van der Waals surface area contributed by atoms with Crippen LogP contribution >= 0.6 is 0 Å². The molecule has 1 rings (SSSR count). The Bertz CT molecular complexity index is 302. The zero-order valence-corrected chi connectivity index (χ0v) is 10.4. The van der Waals surface area contributed by atoms with Gasteiger partial charge >= 0.3 is 0 Å². The predicted octanol–water partition coefficient (Wildman–Crippen LogP) is 1.81. The second-order valence-electron chi connectivity index (χ2n) is 4.01. The summed E-state index contributed by atoms with van der Waals surface area (Å²) in [5, 5.41) is 3.34. The lowest BCUT2D eigenvalue weighted by atomic mass is 10.3. The molecule has 0 radical (unpaired) electrons. The van der Waals surface area contributed by atoms with E-state index in [1.807, 2.05) is 6.07 Å². The molecule has 1 N–H and O–H groups in total. The average molecular weight is 223 g/mol. The Labute approximate surface area is 97.5 Å². The highest BCUT2D eigenvalue weighted by molar-refractivity contribution is 5.13. The summed E-state index contributed by atoms with van der Waals surface area (Å²) in [5.74, 6) is 0.677. The zero-order valence-electron chi connectivity index (χ0n) is 10.4. The largest absolute Gasteiger partial charge is 0.478 e. The van der Waals surface area contributed by atoms with Crippen LogP contribution in [0.3, 0.4) is 0 Å². The van der Waals surface area contributed by atoms with Crippen molar-refractivity contribution in [2.24, 2.45) is 0 Å². The molecule has 0 fully saturated rings. The number of rotatable bonds is 7.